The number of primary amides is 1. The second-order valence-electron chi connectivity index (χ2n) is 3.01. The summed E-state index contributed by atoms with van der Waals surface area (Å²) in [6.07, 6.45) is 0.0957. The standard InChI is InChI=1S/C10H10BrNO4/c11-8-2-1-6(5-7(8)10(14)15)16-4-3-9(12)13/h1-2,5H,3-4H2,(H2,12,13)(H,14,15). The molecule has 0 unspecified atom stereocenters. The molecule has 0 spiro atoms. The normalized spacial score (nSPS) is 9.81. The Labute approximate surface area is 100 Å². The highest BCUT2D eigenvalue weighted by Gasteiger charge is 2.09. The van der Waals surface area contributed by atoms with E-state index in [4.69, 9.17) is 15.6 Å². The molecule has 1 rings (SSSR count). The van der Waals surface area contributed by atoms with Crippen molar-refractivity contribution in [1.29, 1.82) is 0 Å². The number of carboxylic acids is 1. The molecule has 0 radical (unpaired) electrons. The molecule has 6 heteroatoms. The van der Waals surface area contributed by atoms with Gasteiger partial charge in [-0.3, -0.25) is 4.79 Å². The van der Waals surface area contributed by atoms with Gasteiger partial charge in [-0.25, -0.2) is 4.79 Å². The molecule has 1 aromatic carbocycles. The number of benzene rings is 1. The molecule has 0 heterocycles. The van der Waals surface area contributed by atoms with Crippen molar-refractivity contribution in [3.8, 4) is 5.75 Å². The monoisotopic (exact) mass is 287 g/mol. The first kappa shape index (κ1) is 12.5. The molecule has 5 nitrogen and oxygen atoms in total. The highest BCUT2D eigenvalue weighted by molar-refractivity contribution is 9.10. The molecular weight excluding hydrogens is 278 g/mol. The average Bonchev–Trinajstić information content (AvgIpc) is 2.19. The predicted octanol–water partition coefficient (Wildman–Crippen LogP) is 1.40. The summed E-state index contributed by atoms with van der Waals surface area (Å²) in [5, 5.41) is 8.84. The molecule has 0 aliphatic heterocycles. The lowest BCUT2D eigenvalue weighted by Crippen LogP contribution is -2.14. The fourth-order valence-corrected chi connectivity index (χ4v) is 1.44. The number of halogens is 1. The van der Waals surface area contributed by atoms with Gasteiger partial charge in [0.25, 0.3) is 0 Å². The number of rotatable bonds is 5. The Morgan fingerprint density at radius 3 is 2.69 bits per heavy atom. The van der Waals surface area contributed by atoms with E-state index in [0.717, 1.165) is 0 Å². The van der Waals surface area contributed by atoms with Crippen LogP contribution < -0.4 is 10.5 Å². The van der Waals surface area contributed by atoms with Crippen LogP contribution in [0.3, 0.4) is 0 Å². The van der Waals surface area contributed by atoms with Crippen molar-refractivity contribution in [1.82, 2.24) is 0 Å². The van der Waals surface area contributed by atoms with Gasteiger partial charge in [-0.1, -0.05) is 0 Å². The van der Waals surface area contributed by atoms with E-state index in [1.54, 1.807) is 12.1 Å². The molecule has 1 amide bonds. The van der Waals surface area contributed by atoms with Gasteiger partial charge in [-0.05, 0) is 34.1 Å². The van der Waals surface area contributed by atoms with Gasteiger partial charge in [0.2, 0.25) is 5.91 Å². The first-order valence-electron chi connectivity index (χ1n) is 4.44. The number of hydrogen-bond acceptors (Lipinski definition) is 3. The van der Waals surface area contributed by atoms with Crippen molar-refractivity contribution in [2.45, 2.75) is 6.42 Å². The predicted molar refractivity (Wildman–Crippen MR) is 60.4 cm³/mol. The maximum absolute atomic E-state index is 10.8. The fraction of sp³-hybridized carbons (Fsp3) is 0.200. The van der Waals surface area contributed by atoms with Gasteiger partial charge in [-0.2, -0.15) is 0 Å². The highest BCUT2D eigenvalue weighted by Crippen LogP contribution is 2.22. The van der Waals surface area contributed by atoms with Gasteiger partial charge in [-0.15, -0.1) is 0 Å². The minimum atomic E-state index is -1.05. The van der Waals surface area contributed by atoms with Crippen molar-refractivity contribution in [3.63, 3.8) is 0 Å². The summed E-state index contributed by atoms with van der Waals surface area (Å²) in [6.45, 7) is 0.135. The summed E-state index contributed by atoms with van der Waals surface area (Å²) in [4.78, 5) is 21.3. The lowest BCUT2D eigenvalue weighted by atomic mass is 10.2. The van der Waals surface area contributed by atoms with Gasteiger partial charge in [0, 0.05) is 4.47 Å². The molecule has 0 saturated carbocycles. The maximum atomic E-state index is 10.8. The minimum Gasteiger partial charge on any atom is -0.493 e. The number of carboxylic acid groups (broad SMARTS) is 1. The molecular formula is C10H10BrNO4. The molecule has 3 N–H and O–H groups in total. The summed E-state index contributed by atoms with van der Waals surface area (Å²) in [5.41, 5.74) is 5.05. The SMILES string of the molecule is NC(=O)CCOc1ccc(Br)c(C(=O)O)c1. The molecule has 0 saturated heterocycles. The van der Waals surface area contributed by atoms with E-state index >= 15 is 0 Å². The zero-order valence-electron chi connectivity index (χ0n) is 8.27. The van der Waals surface area contributed by atoms with Crippen LogP contribution in [0.25, 0.3) is 0 Å². The van der Waals surface area contributed by atoms with Crippen molar-refractivity contribution >= 4 is 27.8 Å². The maximum Gasteiger partial charge on any atom is 0.336 e. The Hall–Kier alpha value is -1.56. The van der Waals surface area contributed by atoms with E-state index < -0.39 is 11.9 Å². The third-order valence-corrected chi connectivity index (χ3v) is 2.48. The highest BCUT2D eigenvalue weighted by atomic mass is 79.9. The Balaban J connectivity index is 2.71. The van der Waals surface area contributed by atoms with Gasteiger partial charge < -0.3 is 15.6 Å². The molecule has 0 bridgehead atoms. The first-order chi connectivity index (χ1) is 7.50. The van der Waals surface area contributed by atoms with E-state index in [2.05, 4.69) is 15.9 Å². The number of carbonyl (C=O) groups is 2. The number of nitrogens with two attached hydrogens (primary N) is 1. The van der Waals surface area contributed by atoms with E-state index in [-0.39, 0.29) is 18.6 Å². The Bertz CT molecular complexity index is 419. The summed E-state index contributed by atoms with van der Waals surface area (Å²) in [7, 11) is 0. The van der Waals surface area contributed by atoms with E-state index in [1.807, 2.05) is 0 Å². The van der Waals surface area contributed by atoms with Crippen LogP contribution in [0.15, 0.2) is 22.7 Å². The molecule has 0 aromatic heterocycles. The lowest BCUT2D eigenvalue weighted by Gasteiger charge is -2.06. The largest absolute Gasteiger partial charge is 0.493 e. The number of hydrogen-bond donors (Lipinski definition) is 2. The molecule has 0 atom stereocenters. The van der Waals surface area contributed by atoms with Crippen LogP contribution in [0.4, 0.5) is 0 Å². The molecule has 16 heavy (non-hydrogen) atoms. The summed E-state index contributed by atoms with van der Waals surface area (Å²) >= 11 is 3.11. The number of aromatic carboxylic acids is 1. The number of carbonyl (C=O) groups excluding carboxylic acids is 1. The molecule has 0 aliphatic rings. The molecule has 1 aromatic rings. The van der Waals surface area contributed by atoms with Crippen LogP contribution in [0.5, 0.6) is 5.75 Å². The Morgan fingerprint density at radius 2 is 2.12 bits per heavy atom. The Kier molecular flexibility index (Phi) is 4.30. The van der Waals surface area contributed by atoms with Crippen molar-refractivity contribution in [3.05, 3.63) is 28.2 Å². The number of amides is 1. The second kappa shape index (κ2) is 5.50. The van der Waals surface area contributed by atoms with Crippen LogP contribution >= 0.6 is 15.9 Å². The van der Waals surface area contributed by atoms with E-state index in [1.165, 1.54) is 6.07 Å². The summed E-state index contributed by atoms with van der Waals surface area (Å²) in [6, 6.07) is 4.56. The van der Waals surface area contributed by atoms with E-state index in [9.17, 15) is 9.59 Å². The van der Waals surface area contributed by atoms with Gasteiger partial charge in [0.15, 0.2) is 0 Å². The van der Waals surface area contributed by atoms with Crippen molar-refractivity contribution in [2.24, 2.45) is 5.73 Å². The third-order valence-electron chi connectivity index (χ3n) is 1.79. The van der Waals surface area contributed by atoms with Crippen molar-refractivity contribution in [2.75, 3.05) is 6.61 Å². The van der Waals surface area contributed by atoms with Crippen LogP contribution in [-0.4, -0.2) is 23.6 Å². The van der Waals surface area contributed by atoms with Crippen LogP contribution in [0.2, 0.25) is 0 Å². The van der Waals surface area contributed by atoms with Gasteiger partial charge >= 0.3 is 5.97 Å². The quantitative estimate of drug-likeness (QED) is 0.857. The summed E-state index contributed by atoms with van der Waals surface area (Å²) in [5.74, 6) is -1.12. The van der Waals surface area contributed by atoms with Crippen molar-refractivity contribution < 1.29 is 19.4 Å². The van der Waals surface area contributed by atoms with Gasteiger partial charge in [0.05, 0.1) is 18.6 Å². The second-order valence-corrected chi connectivity index (χ2v) is 3.87. The van der Waals surface area contributed by atoms with Crippen LogP contribution in [0, 0.1) is 0 Å². The average molecular weight is 288 g/mol. The van der Waals surface area contributed by atoms with Gasteiger partial charge in [0.1, 0.15) is 5.75 Å². The fourth-order valence-electron chi connectivity index (χ4n) is 1.03. The number of ether oxygens (including phenoxy) is 1. The topological polar surface area (TPSA) is 89.6 Å². The zero-order valence-corrected chi connectivity index (χ0v) is 9.86. The minimum absolute atomic E-state index is 0.0957. The molecule has 86 valence electrons. The van der Waals surface area contributed by atoms with Crippen LogP contribution in [0.1, 0.15) is 16.8 Å². The lowest BCUT2D eigenvalue weighted by molar-refractivity contribution is -0.118. The first-order valence-corrected chi connectivity index (χ1v) is 5.24. The summed E-state index contributed by atoms with van der Waals surface area (Å²) < 4.78 is 5.65. The van der Waals surface area contributed by atoms with E-state index in [0.29, 0.717) is 10.2 Å². The van der Waals surface area contributed by atoms with Crippen LogP contribution in [-0.2, 0) is 4.79 Å². The zero-order chi connectivity index (χ0) is 12.1. The molecule has 0 aliphatic carbocycles. The Morgan fingerprint density at radius 1 is 1.44 bits per heavy atom. The molecule has 0 fully saturated rings. The smallest absolute Gasteiger partial charge is 0.336 e. The third kappa shape index (κ3) is 3.54.